The number of allylic oxidation sites excluding steroid dienone is 1. The van der Waals surface area contributed by atoms with Crippen LogP contribution in [0.3, 0.4) is 0 Å². The molecule has 0 bridgehead atoms. The van der Waals surface area contributed by atoms with Gasteiger partial charge in [0.1, 0.15) is 11.5 Å². The number of unbranched alkanes of at least 4 members (excludes halogenated alkanes) is 1. The highest BCUT2D eigenvalue weighted by atomic mass is 16.5. The van der Waals surface area contributed by atoms with Crippen LogP contribution in [0.2, 0.25) is 0 Å². The van der Waals surface area contributed by atoms with E-state index in [4.69, 9.17) is 9.47 Å². The fourth-order valence-electron chi connectivity index (χ4n) is 1.65. The number of benzene rings is 1. The van der Waals surface area contributed by atoms with Crippen molar-refractivity contribution in [3.8, 4) is 11.5 Å². The minimum atomic E-state index is 0.750. The molecule has 0 radical (unpaired) electrons. The van der Waals surface area contributed by atoms with Gasteiger partial charge in [-0.05, 0) is 37.5 Å². The van der Waals surface area contributed by atoms with E-state index in [-0.39, 0.29) is 0 Å². The predicted octanol–water partition coefficient (Wildman–Crippen LogP) is 4.38. The minimum absolute atomic E-state index is 0.750. The molecule has 0 aliphatic carbocycles. The topological polar surface area (TPSA) is 18.5 Å². The predicted molar refractivity (Wildman–Crippen MR) is 76.5 cm³/mol. The maximum Gasteiger partial charge on any atom is 0.123 e. The summed E-state index contributed by atoms with van der Waals surface area (Å²) < 4.78 is 11.4. The lowest BCUT2D eigenvalue weighted by atomic mass is 10.1. The molecule has 0 aliphatic rings. The van der Waals surface area contributed by atoms with Gasteiger partial charge in [-0.1, -0.05) is 26.3 Å². The third-order valence-corrected chi connectivity index (χ3v) is 2.62. The van der Waals surface area contributed by atoms with Gasteiger partial charge in [0.05, 0.1) is 13.2 Å². The van der Waals surface area contributed by atoms with Crippen molar-refractivity contribution in [2.75, 3.05) is 13.2 Å². The molecular formula is C16H24O2. The maximum absolute atomic E-state index is 5.72. The lowest BCUT2D eigenvalue weighted by molar-refractivity contribution is 0.302. The van der Waals surface area contributed by atoms with Gasteiger partial charge in [0.2, 0.25) is 0 Å². The molecular weight excluding hydrogens is 224 g/mol. The molecule has 0 amide bonds. The summed E-state index contributed by atoms with van der Waals surface area (Å²) in [5, 5.41) is 0. The van der Waals surface area contributed by atoms with Crippen LogP contribution in [0.1, 0.15) is 38.7 Å². The lowest BCUT2D eigenvalue weighted by Crippen LogP contribution is -2.01. The third kappa shape index (κ3) is 4.82. The van der Waals surface area contributed by atoms with E-state index in [1.165, 1.54) is 0 Å². The number of ether oxygens (including phenoxy) is 2. The third-order valence-electron chi connectivity index (χ3n) is 2.62. The molecule has 0 atom stereocenters. The zero-order valence-corrected chi connectivity index (χ0v) is 11.6. The summed E-state index contributed by atoms with van der Waals surface area (Å²) in [4.78, 5) is 0. The largest absolute Gasteiger partial charge is 0.494 e. The van der Waals surface area contributed by atoms with E-state index in [2.05, 4.69) is 26.5 Å². The second kappa shape index (κ2) is 8.62. The standard InChI is InChI=1S/C16H24O2/c1-4-7-12-17-15-9-10-16(18-11-6-3)14(13-15)8-5-2/h5,9-10,13H,2,4,6-8,11-12H2,1,3H3. The molecule has 1 rings (SSSR count). The van der Waals surface area contributed by atoms with Crippen molar-refractivity contribution in [2.45, 2.75) is 39.5 Å². The molecule has 1 aromatic rings. The molecule has 2 nitrogen and oxygen atoms in total. The fraction of sp³-hybridized carbons (Fsp3) is 0.500. The van der Waals surface area contributed by atoms with Crippen LogP contribution in [0.15, 0.2) is 30.9 Å². The zero-order chi connectivity index (χ0) is 13.2. The molecule has 0 unspecified atom stereocenters. The van der Waals surface area contributed by atoms with E-state index < -0.39 is 0 Å². The summed E-state index contributed by atoms with van der Waals surface area (Å²) in [6.07, 6.45) is 5.96. The van der Waals surface area contributed by atoms with Gasteiger partial charge >= 0.3 is 0 Å². The van der Waals surface area contributed by atoms with Gasteiger partial charge in [-0.3, -0.25) is 0 Å². The Hall–Kier alpha value is -1.44. The Balaban J connectivity index is 2.71. The summed E-state index contributed by atoms with van der Waals surface area (Å²) in [5.41, 5.74) is 1.15. The molecule has 0 spiro atoms. The maximum atomic E-state index is 5.72. The molecule has 0 saturated heterocycles. The Bertz CT molecular complexity index is 358. The van der Waals surface area contributed by atoms with Crippen LogP contribution in [0.5, 0.6) is 11.5 Å². The summed E-state index contributed by atoms with van der Waals surface area (Å²) in [7, 11) is 0. The molecule has 0 aromatic heterocycles. The van der Waals surface area contributed by atoms with E-state index in [0.29, 0.717) is 0 Å². The highest BCUT2D eigenvalue weighted by molar-refractivity contribution is 5.41. The van der Waals surface area contributed by atoms with E-state index in [1.54, 1.807) is 0 Å². The number of rotatable bonds is 9. The Kier molecular flexibility index (Phi) is 7.00. The smallest absolute Gasteiger partial charge is 0.123 e. The molecule has 0 heterocycles. The fourth-order valence-corrected chi connectivity index (χ4v) is 1.65. The molecule has 0 fully saturated rings. The first-order chi connectivity index (χ1) is 8.81. The molecule has 18 heavy (non-hydrogen) atoms. The normalized spacial score (nSPS) is 10.1. The van der Waals surface area contributed by atoms with Crippen molar-refractivity contribution in [2.24, 2.45) is 0 Å². The lowest BCUT2D eigenvalue weighted by Gasteiger charge is -2.12. The number of hydrogen-bond donors (Lipinski definition) is 0. The van der Waals surface area contributed by atoms with E-state index >= 15 is 0 Å². The van der Waals surface area contributed by atoms with Crippen LogP contribution in [-0.4, -0.2) is 13.2 Å². The Morgan fingerprint density at radius 1 is 1.11 bits per heavy atom. The average molecular weight is 248 g/mol. The molecule has 0 N–H and O–H groups in total. The summed E-state index contributed by atoms with van der Waals surface area (Å²) in [6.45, 7) is 9.58. The summed E-state index contributed by atoms with van der Waals surface area (Å²) in [5.74, 6) is 1.86. The number of hydrogen-bond acceptors (Lipinski definition) is 2. The van der Waals surface area contributed by atoms with Gasteiger partial charge in [0.25, 0.3) is 0 Å². The molecule has 0 aliphatic heterocycles. The monoisotopic (exact) mass is 248 g/mol. The highest BCUT2D eigenvalue weighted by Gasteiger charge is 2.04. The van der Waals surface area contributed by atoms with E-state index in [1.807, 2.05) is 18.2 Å². The first kappa shape index (κ1) is 14.6. The van der Waals surface area contributed by atoms with Gasteiger partial charge in [-0.15, -0.1) is 6.58 Å². The second-order valence-electron chi connectivity index (χ2n) is 4.31. The van der Waals surface area contributed by atoms with Gasteiger partial charge in [0.15, 0.2) is 0 Å². The molecule has 2 heteroatoms. The SMILES string of the molecule is C=CCc1cc(OCCCC)ccc1OCCC. The second-order valence-corrected chi connectivity index (χ2v) is 4.31. The van der Waals surface area contributed by atoms with Crippen LogP contribution in [-0.2, 0) is 6.42 Å². The average Bonchev–Trinajstić information content (AvgIpc) is 2.38. The van der Waals surface area contributed by atoms with Crippen molar-refractivity contribution in [3.05, 3.63) is 36.4 Å². The Labute approximate surface area is 111 Å². The van der Waals surface area contributed by atoms with Gasteiger partial charge < -0.3 is 9.47 Å². The van der Waals surface area contributed by atoms with E-state index in [9.17, 15) is 0 Å². The molecule has 100 valence electrons. The Morgan fingerprint density at radius 2 is 1.94 bits per heavy atom. The van der Waals surface area contributed by atoms with Crippen LogP contribution in [0.4, 0.5) is 0 Å². The summed E-state index contributed by atoms with van der Waals surface area (Å²) >= 11 is 0. The van der Waals surface area contributed by atoms with Crippen LogP contribution >= 0.6 is 0 Å². The van der Waals surface area contributed by atoms with Crippen molar-refractivity contribution in [3.63, 3.8) is 0 Å². The van der Waals surface area contributed by atoms with Crippen LogP contribution in [0.25, 0.3) is 0 Å². The van der Waals surface area contributed by atoms with E-state index in [0.717, 1.165) is 56.0 Å². The Morgan fingerprint density at radius 3 is 2.61 bits per heavy atom. The van der Waals surface area contributed by atoms with Gasteiger partial charge in [-0.2, -0.15) is 0 Å². The van der Waals surface area contributed by atoms with Gasteiger partial charge in [0, 0.05) is 5.56 Å². The molecule has 0 saturated carbocycles. The van der Waals surface area contributed by atoms with Crippen LogP contribution < -0.4 is 9.47 Å². The highest BCUT2D eigenvalue weighted by Crippen LogP contribution is 2.25. The van der Waals surface area contributed by atoms with Crippen molar-refractivity contribution < 1.29 is 9.47 Å². The van der Waals surface area contributed by atoms with Crippen LogP contribution in [0, 0.1) is 0 Å². The first-order valence-electron chi connectivity index (χ1n) is 6.81. The zero-order valence-electron chi connectivity index (χ0n) is 11.6. The quantitative estimate of drug-likeness (QED) is 0.477. The van der Waals surface area contributed by atoms with Gasteiger partial charge in [-0.25, -0.2) is 0 Å². The minimum Gasteiger partial charge on any atom is -0.494 e. The first-order valence-corrected chi connectivity index (χ1v) is 6.81. The summed E-state index contributed by atoms with van der Waals surface area (Å²) in [6, 6.07) is 6.03. The van der Waals surface area contributed by atoms with Crippen molar-refractivity contribution >= 4 is 0 Å². The van der Waals surface area contributed by atoms with Crippen molar-refractivity contribution in [1.29, 1.82) is 0 Å². The van der Waals surface area contributed by atoms with Crippen molar-refractivity contribution in [1.82, 2.24) is 0 Å². The molecule has 1 aromatic carbocycles.